The molecule has 2 aromatic carbocycles. The third-order valence-corrected chi connectivity index (χ3v) is 7.18. The number of sulfonamides is 1. The van der Waals surface area contributed by atoms with Crippen LogP contribution in [0.4, 0.5) is 0 Å². The van der Waals surface area contributed by atoms with Crippen molar-refractivity contribution in [1.82, 2.24) is 14.1 Å². The molecule has 0 radical (unpaired) electrons. The summed E-state index contributed by atoms with van der Waals surface area (Å²) in [5.41, 5.74) is 4.02. The fourth-order valence-corrected chi connectivity index (χ4v) is 5.43. The highest BCUT2D eigenvalue weighted by molar-refractivity contribution is 7.89. The predicted molar refractivity (Wildman–Crippen MR) is 111 cm³/mol. The molecule has 1 aromatic heterocycles. The van der Waals surface area contributed by atoms with Crippen LogP contribution in [0.2, 0.25) is 0 Å². The summed E-state index contributed by atoms with van der Waals surface area (Å²) in [5, 5.41) is 4.28. The summed E-state index contributed by atoms with van der Waals surface area (Å²) >= 11 is 0. The van der Waals surface area contributed by atoms with E-state index in [2.05, 4.69) is 11.2 Å². The number of ether oxygens (including phenoxy) is 1. The average molecular weight is 412 g/mol. The quantitative estimate of drug-likeness (QED) is 0.645. The molecule has 1 unspecified atom stereocenters. The zero-order chi connectivity index (χ0) is 20.6. The first-order chi connectivity index (χ1) is 13.9. The SMILES string of the molecule is CCOc1ccc(S(=O)(=O)N2Cc3ccccc3C(c3cnn(C)c3)C2)cc1C. The van der Waals surface area contributed by atoms with E-state index in [4.69, 9.17) is 4.74 Å². The van der Waals surface area contributed by atoms with Crippen molar-refractivity contribution in [2.24, 2.45) is 7.05 Å². The van der Waals surface area contributed by atoms with Gasteiger partial charge in [0.15, 0.2) is 0 Å². The second-order valence-corrected chi connectivity index (χ2v) is 9.29. The van der Waals surface area contributed by atoms with Crippen LogP contribution in [0.25, 0.3) is 0 Å². The highest BCUT2D eigenvalue weighted by Crippen LogP contribution is 2.36. The molecule has 7 heteroatoms. The smallest absolute Gasteiger partial charge is 0.243 e. The predicted octanol–water partition coefficient (Wildman–Crippen LogP) is 3.46. The van der Waals surface area contributed by atoms with Gasteiger partial charge in [0.05, 0.1) is 17.7 Å². The summed E-state index contributed by atoms with van der Waals surface area (Å²) in [5.74, 6) is 0.663. The van der Waals surface area contributed by atoms with E-state index in [0.29, 0.717) is 30.3 Å². The van der Waals surface area contributed by atoms with Crippen LogP contribution in [-0.2, 0) is 23.6 Å². The highest BCUT2D eigenvalue weighted by Gasteiger charge is 2.34. The molecule has 0 fully saturated rings. The molecule has 4 rings (SSSR count). The monoisotopic (exact) mass is 411 g/mol. The number of aryl methyl sites for hydroxylation is 2. The van der Waals surface area contributed by atoms with Crippen LogP contribution < -0.4 is 4.74 Å². The van der Waals surface area contributed by atoms with Gasteiger partial charge in [0, 0.05) is 32.3 Å². The molecular formula is C22H25N3O3S. The van der Waals surface area contributed by atoms with Crippen LogP contribution >= 0.6 is 0 Å². The number of aromatic nitrogens is 2. The Kier molecular flexibility index (Phi) is 5.19. The number of nitrogens with zero attached hydrogens (tertiary/aromatic N) is 3. The number of fused-ring (bicyclic) bond motifs is 1. The summed E-state index contributed by atoms with van der Waals surface area (Å²) in [4.78, 5) is 0.294. The van der Waals surface area contributed by atoms with Crippen molar-refractivity contribution < 1.29 is 13.2 Å². The normalized spacial score (nSPS) is 17.1. The fraction of sp³-hybridized carbons (Fsp3) is 0.318. The average Bonchev–Trinajstić information content (AvgIpc) is 3.15. The van der Waals surface area contributed by atoms with Crippen LogP contribution in [0, 0.1) is 6.92 Å². The fourth-order valence-electron chi connectivity index (χ4n) is 3.91. The van der Waals surface area contributed by atoms with Gasteiger partial charge in [0.25, 0.3) is 0 Å². The zero-order valence-electron chi connectivity index (χ0n) is 16.9. The first-order valence-electron chi connectivity index (χ1n) is 9.70. The zero-order valence-corrected chi connectivity index (χ0v) is 17.7. The molecule has 0 aliphatic carbocycles. The van der Waals surface area contributed by atoms with Gasteiger partial charge >= 0.3 is 0 Å². The molecule has 0 amide bonds. The molecule has 3 aromatic rings. The summed E-state index contributed by atoms with van der Waals surface area (Å²) in [6.07, 6.45) is 3.77. The molecule has 152 valence electrons. The Bertz CT molecular complexity index is 1140. The Balaban J connectivity index is 1.72. The lowest BCUT2D eigenvalue weighted by molar-refractivity contribution is 0.337. The third-order valence-electron chi connectivity index (χ3n) is 5.37. The first-order valence-corrected chi connectivity index (χ1v) is 11.1. The first kappa shape index (κ1) is 19.7. The van der Waals surface area contributed by atoms with Crippen molar-refractivity contribution in [2.75, 3.05) is 13.2 Å². The topological polar surface area (TPSA) is 64.4 Å². The maximum absolute atomic E-state index is 13.5. The van der Waals surface area contributed by atoms with Crippen molar-refractivity contribution in [3.63, 3.8) is 0 Å². The maximum Gasteiger partial charge on any atom is 0.243 e. The third kappa shape index (κ3) is 3.68. The summed E-state index contributed by atoms with van der Waals surface area (Å²) in [6.45, 7) is 5.07. The molecule has 0 bridgehead atoms. The molecule has 2 heterocycles. The lowest BCUT2D eigenvalue weighted by Gasteiger charge is -2.33. The molecule has 0 saturated heterocycles. The molecule has 0 N–H and O–H groups in total. The van der Waals surface area contributed by atoms with Gasteiger partial charge in [-0.3, -0.25) is 4.68 Å². The molecule has 1 aliphatic heterocycles. The summed E-state index contributed by atoms with van der Waals surface area (Å²) in [6, 6.07) is 13.1. The lowest BCUT2D eigenvalue weighted by Crippen LogP contribution is -2.38. The Morgan fingerprint density at radius 2 is 2.00 bits per heavy atom. The molecular weight excluding hydrogens is 386 g/mol. The second-order valence-electron chi connectivity index (χ2n) is 7.36. The molecule has 29 heavy (non-hydrogen) atoms. The maximum atomic E-state index is 13.5. The van der Waals surface area contributed by atoms with E-state index in [1.807, 2.05) is 51.5 Å². The molecule has 1 atom stereocenters. The van der Waals surface area contributed by atoms with Crippen molar-refractivity contribution in [1.29, 1.82) is 0 Å². The Labute approximate surface area is 171 Å². The summed E-state index contributed by atoms with van der Waals surface area (Å²) in [7, 11) is -1.77. The van der Waals surface area contributed by atoms with Gasteiger partial charge in [-0.05, 0) is 54.3 Å². The highest BCUT2D eigenvalue weighted by atomic mass is 32.2. The van der Waals surface area contributed by atoms with Gasteiger partial charge in [-0.15, -0.1) is 0 Å². The van der Waals surface area contributed by atoms with Gasteiger partial charge in [-0.25, -0.2) is 8.42 Å². The van der Waals surface area contributed by atoms with E-state index in [1.54, 1.807) is 27.2 Å². The number of benzene rings is 2. The summed E-state index contributed by atoms with van der Waals surface area (Å²) < 4.78 is 35.8. The van der Waals surface area contributed by atoms with Crippen LogP contribution in [-0.4, -0.2) is 35.7 Å². The Morgan fingerprint density at radius 3 is 2.69 bits per heavy atom. The van der Waals surface area contributed by atoms with Crippen LogP contribution in [0.5, 0.6) is 5.75 Å². The van der Waals surface area contributed by atoms with Crippen LogP contribution in [0.1, 0.15) is 35.1 Å². The van der Waals surface area contributed by atoms with Gasteiger partial charge in [-0.1, -0.05) is 24.3 Å². The molecule has 6 nitrogen and oxygen atoms in total. The second kappa shape index (κ2) is 7.65. The minimum atomic E-state index is -3.64. The van der Waals surface area contributed by atoms with E-state index in [1.165, 1.54) is 0 Å². The largest absolute Gasteiger partial charge is 0.494 e. The van der Waals surface area contributed by atoms with Crippen molar-refractivity contribution in [3.8, 4) is 5.75 Å². The van der Waals surface area contributed by atoms with E-state index >= 15 is 0 Å². The molecule has 0 spiro atoms. The van der Waals surface area contributed by atoms with Crippen LogP contribution in [0.3, 0.4) is 0 Å². The molecule has 0 saturated carbocycles. The van der Waals surface area contributed by atoms with Crippen molar-refractivity contribution >= 4 is 10.0 Å². The Hall–Kier alpha value is -2.64. The van der Waals surface area contributed by atoms with Gasteiger partial charge in [0.1, 0.15) is 5.75 Å². The number of rotatable bonds is 5. The standard InChI is InChI=1S/C22H25N3O3S/c1-4-28-22-10-9-19(11-16(22)2)29(26,27)25-14-17-7-5-6-8-20(17)21(15-25)18-12-23-24(3)13-18/h5-13,21H,4,14-15H2,1-3H3. The Morgan fingerprint density at radius 1 is 1.21 bits per heavy atom. The van der Waals surface area contributed by atoms with E-state index in [0.717, 1.165) is 22.3 Å². The van der Waals surface area contributed by atoms with Gasteiger partial charge < -0.3 is 4.74 Å². The van der Waals surface area contributed by atoms with Gasteiger partial charge in [-0.2, -0.15) is 9.40 Å². The van der Waals surface area contributed by atoms with Crippen LogP contribution in [0.15, 0.2) is 59.8 Å². The van der Waals surface area contributed by atoms with Crippen molar-refractivity contribution in [2.45, 2.75) is 31.2 Å². The minimum absolute atomic E-state index is 0.0489. The van der Waals surface area contributed by atoms with Gasteiger partial charge in [0.2, 0.25) is 10.0 Å². The van der Waals surface area contributed by atoms with E-state index < -0.39 is 10.0 Å². The minimum Gasteiger partial charge on any atom is -0.494 e. The van der Waals surface area contributed by atoms with Crippen molar-refractivity contribution in [3.05, 3.63) is 77.1 Å². The van der Waals surface area contributed by atoms with E-state index in [9.17, 15) is 8.42 Å². The molecule has 1 aliphatic rings. The number of hydrogen-bond acceptors (Lipinski definition) is 4. The number of hydrogen-bond donors (Lipinski definition) is 0. The van der Waals surface area contributed by atoms with E-state index in [-0.39, 0.29) is 5.92 Å². The lowest BCUT2D eigenvalue weighted by atomic mass is 9.87.